The summed E-state index contributed by atoms with van der Waals surface area (Å²) in [4.78, 5) is 4.73. The fraction of sp³-hybridized carbons (Fsp3) is 0.133. The van der Waals surface area contributed by atoms with Crippen molar-refractivity contribution in [3.63, 3.8) is 0 Å². The van der Waals surface area contributed by atoms with Crippen molar-refractivity contribution in [2.75, 3.05) is 5.73 Å². The van der Waals surface area contributed by atoms with Gasteiger partial charge in [0.15, 0.2) is 0 Å². The maximum atomic E-state index is 6.03. The van der Waals surface area contributed by atoms with E-state index in [0.29, 0.717) is 0 Å². The molecule has 0 saturated heterocycles. The Bertz CT molecular complexity index is 702. The van der Waals surface area contributed by atoms with Gasteiger partial charge in [0.2, 0.25) is 0 Å². The number of anilines is 1. The van der Waals surface area contributed by atoms with Crippen LogP contribution in [0.5, 0.6) is 0 Å². The zero-order valence-electron chi connectivity index (χ0n) is 9.77. The van der Waals surface area contributed by atoms with Crippen LogP contribution in [-0.2, 0) is 6.42 Å². The lowest BCUT2D eigenvalue weighted by atomic mass is 10.0. The number of rotatable bonds is 1. The molecule has 0 amide bonds. The molecule has 0 unspecified atom stereocenters. The van der Waals surface area contributed by atoms with E-state index < -0.39 is 0 Å². The summed E-state index contributed by atoms with van der Waals surface area (Å²) in [5.41, 5.74) is 10.1. The molecule has 2 aromatic carbocycles. The second-order valence-corrected chi connectivity index (χ2v) is 4.24. The molecule has 17 heavy (non-hydrogen) atoms. The molecule has 0 aliphatic carbocycles. The maximum absolute atomic E-state index is 6.03. The van der Waals surface area contributed by atoms with Crippen LogP contribution in [0.3, 0.4) is 0 Å². The first-order valence-corrected chi connectivity index (χ1v) is 5.86. The number of pyridine rings is 1. The van der Waals surface area contributed by atoms with Crippen LogP contribution in [0.2, 0.25) is 0 Å². The summed E-state index contributed by atoms with van der Waals surface area (Å²) in [6.45, 7) is 2.14. The maximum Gasteiger partial charge on any atom is 0.0762 e. The Labute approximate surface area is 100 Å². The lowest BCUT2D eigenvalue weighted by molar-refractivity contribution is 1.15. The van der Waals surface area contributed by atoms with Gasteiger partial charge in [-0.1, -0.05) is 31.2 Å². The van der Waals surface area contributed by atoms with Crippen molar-refractivity contribution in [3.8, 4) is 0 Å². The van der Waals surface area contributed by atoms with E-state index in [1.165, 1.54) is 5.56 Å². The van der Waals surface area contributed by atoms with Crippen molar-refractivity contribution in [2.24, 2.45) is 0 Å². The van der Waals surface area contributed by atoms with Crippen molar-refractivity contribution in [1.82, 2.24) is 4.98 Å². The minimum atomic E-state index is 0.801. The van der Waals surface area contributed by atoms with E-state index in [9.17, 15) is 0 Å². The second-order valence-electron chi connectivity index (χ2n) is 4.24. The van der Waals surface area contributed by atoms with Gasteiger partial charge in [0.1, 0.15) is 0 Å². The predicted octanol–water partition coefficient (Wildman–Crippen LogP) is 3.53. The molecule has 1 heterocycles. The van der Waals surface area contributed by atoms with E-state index in [-0.39, 0.29) is 0 Å². The van der Waals surface area contributed by atoms with E-state index in [2.05, 4.69) is 25.1 Å². The molecule has 2 nitrogen and oxygen atoms in total. The third-order valence-corrected chi connectivity index (χ3v) is 3.18. The van der Waals surface area contributed by atoms with E-state index in [1.807, 2.05) is 24.3 Å². The van der Waals surface area contributed by atoms with Gasteiger partial charge in [-0.3, -0.25) is 0 Å². The largest absolute Gasteiger partial charge is 0.398 e. The zero-order valence-corrected chi connectivity index (χ0v) is 9.77. The number of nitrogens with zero attached hydrogens (tertiary/aromatic N) is 1. The molecule has 0 aliphatic heterocycles. The molecule has 0 aliphatic rings. The molecule has 3 aromatic rings. The highest BCUT2D eigenvalue weighted by molar-refractivity contribution is 6.00. The zero-order chi connectivity index (χ0) is 11.8. The number of benzene rings is 2. The fourth-order valence-electron chi connectivity index (χ4n) is 2.23. The molecular weight excluding hydrogens is 208 g/mol. The number of hydrogen-bond donors (Lipinski definition) is 1. The summed E-state index contributed by atoms with van der Waals surface area (Å²) in [6.07, 6.45) is 0.974. The monoisotopic (exact) mass is 222 g/mol. The van der Waals surface area contributed by atoms with Gasteiger partial charge < -0.3 is 5.73 Å². The Morgan fingerprint density at radius 1 is 1.12 bits per heavy atom. The highest BCUT2D eigenvalue weighted by Gasteiger charge is 2.06. The summed E-state index contributed by atoms with van der Waals surface area (Å²) in [5, 5.41) is 2.20. The Kier molecular flexibility index (Phi) is 2.22. The molecule has 1 aromatic heterocycles. The van der Waals surface area contributed by atoms with E-state index >= 15 is 0 Å². The summed E-state index contributed by atoms with van der Waals surface area (Å²) in [6, 6.07) is 14.3. The number of para-hydroxylation sites is 1. The molecule has 0 atom stereocenters. The standard InChI is InChI=1S/C15H14N2/c1-2-10-7-8-13(16)12-9-11-5-3-4-6-14(11)17-15(10)12/h3-9H,2,16H2,1H3. The Morgan fingerprint density at radius 3 is 2.76 bits per heavy atom. The van der Waals surface area contributed by atoms with Crippen LogP contribution in [0.15, 0.2) is 42.5 Å². The summed E-state index contributed by atoms with van der Waals surface area (Å²) in [5.74, 6) is 0. The Morgan fingerprint density at radius 2 is 1.94 bits per heavy atom. The van der Waals surface area contributed by atoms with Gasteiger partial charge in [-0.2, -0.15) is 0 Å². The van der Waals surface area contributed by atoms with Crippen LogP contribution < -0.4 is 5.73 Å². The second kappa shape index (κ2) is 3.74. The van der Waals surface area contributed by atoms with Crippen LogP contribution >= 0.6 is 0 Å². The average Bonchev–Trinajstić information content (AvgIpc) is 2.38. The Hall–Kier alpha value is -2.09. The van der Waals surface area contributed by atoms with E-state index in [0.717, 1.165) is 33.9 Å². The minimum absolute atomic E-state index is 0.801. The number of hydrogen-bond acceptors (Lipinski definition) is 2. The number of fused-ring (bicyclic) bond motifs is 2. The normalized spacial score (nSPS) is 11.1. The molecule has 0 spiro atoms. The molecule has 3 rings (SSSR count). The number of aryl methyl sites for hydroxylation is 1. The highest BCUT2D eigenvalue weighted by atomic mass is 14.7. The first-order chi connectivity index (χ1) is 8.29. The first-order valence-electron chi connectivity index (χ1n) is 5.86. The Balaban J connectivity index is 2.50. The summed E-state index contributed by atoms with van der Waals surface area (Å²) in [7, 11) is 0. The van der Waals surface area contributed by atoms with Crippen LogP contribution in [-0.4, -0.2) is 4.98 Å². The molecule has 0 fully saturated rings. The third kappa shape index (κ3) is 1.53. The van der Waals surface area contributed by atoms with Crippen molar-refractivity contribution in [1.29, 1.82) is 0 Å². The molecular formula is C15H14N2. The molecule has 84 valence electrons. The predicted molar refractivity (Wildman–Crippen MR) is 73.0 cm³/mol. The van der Waals surface area contributed by atoms with Gasteiger partial charge in [-0.05, 0) is 30.2 Å². The van der Waals surface area contributed by atoms with Gasteiger partial charge in [0.25, 0.3) is 0 Å². The van der Waals surface area contributed by atoms with Crippen molar-refractivity contribution >= 4 is 27.5 Å². The third-order valence-electron chi connectivity index (χ3n) is 3.18. The molecule has 0 saturated carbocycles. The summed E-state index contributed by atoms with van der Waals surface area (Å²) < 4.78 is 0. The van der Waals surface area contributed by atoms with Crippen molar-refractivity contribution in [3.05, 3.63) is 48.0 Å². The van der Waals surface area contributed by atoms with Gasteiger partial charge in [0.05, 0.1) is 11.0 Å². The first kappa shape index (κ1) is 10.1. The van der Waals surface area contributed by atoms with Crippen LogP contribution in [0.1, 0.15) is 12.5 Å². The van der Waals surface area contributed by atoms with Gasteiger partial charge in [-0.25, -0.2) is 4.98 Å². The topological polar surface area (TPSA) is 38.9 Å². The molecule has 2 heteroatoms. The minimum Gasteiger partial charge on any atom is -0.398 e. The molecule has 0 radical (unpaired) electrons. The number of aromatic nitrogens is 1. The van der Waals surface area contributed by atoms with Gasteiger partial charge in [0, 0.05) is 16.5 Å². The number of nitrogens with two attached hydrogens (primary N) is 1. The highest BCUT2D eigenvalue weighted by Crippen LogP contribution is 2.27. The average molecular weight is 222 g/mol. The molecule has 0 bridgehead atoms. The van der Waals surface area contributed by atoms with Gasteiger partial charge >= 0.3 is 0 Å². The lowest BCUT2D eigenvalue weighted by Crippen LogP contribution is -1.93. The van der Waals surface area contributed by atoms with Crippen LogP contribution in [0.4, 0.5) is 5.69 Å². The van der Waals surface area contributed by atoms with Crippen LogP contribution in [0.25, 0.3) is 21.8 Å². The van der Waals surface area contributed by atoms with Gasteiger partial charge in [-0.15, -0.1) is 0 Å². The van der Waals surface area contributed by atoms with Crippen molar-refractivity contribution in [2.45, 2.75) is 13.3 Å². The quantitative estimate of drug-likeness (QED) is 0.505. The summed E-state index contributed by atoms with van der Waals surface area (Å²) >= 11 is 0. The fourth-order valence-corrected chi connectivity index (χ4v) is 2.23. The van der Waals surface area contributed by atoms with E-state index in [1.54, 1.807) is 0 Å². The lowest BCUT2D eigenvalue weighted by Gasteiger charge is -2.08. The number of nitrogen functional groups attached to an aromatic ring is 1. The SMILES string of the molecule is CCc1ccc(N)c2cc3ccccc3nc12. The van der Waals surface area contributed by atoms with E-state index in [4.69, 9.17) is 10.7 Å². The molecule has 2 N–H and O–H groups in total. The van der Waals surface area contributed by atoms with Crippen LogP contribution in [0, 0.1) is 0 Å². The smallest absolute Gasteiger partial charge is 0.0762 e. The van der Waals surface area contributed by atoms with Crippen molar-refractivity contribution < 1.29 is 0 Å².